The zero-order valence-corrected chi connectivity index (χ0v) is 73.4. The highest BCUT2D eigenvalue weighted by Gasteiger charge is 2.46. The third-order valence-electron chi connectivity index (χ3n) is 25.8. The molecule has 0 saturated heterocycles. The van der Waals surface area contributed by atoms with Gasteiger partial charge in [0.05, 0.1) is 62.6 Å². The SMILES string of the molecule is [2H]c1c([2H])c([2H])c(-c2ccc3c(c2)N(c2ccc(C#N)c(-n4c5ccc(C(C)(C)C)cc5c5cc(C(C)(C)C)ccc54)c2)c2cc(-n4c5ccc(C(C)(C)C)cc5c5cc(C(C)(C)C)ccc54)cc4c2B3c2ccc(-n3c5ccc(C(C)(C)C)cc5c5cc(C(C)(C)C)ccc53)cc2N4c2c(-c3ccccc3)cc(C(C)(C)C)cc2-c2ccccc2)c([2H])c1[2H]. The van der Waals surface area contributed by atoms with E-state index in [1.165, 1.54) is 49.7 Å². The fraction of sp³-hybridized carbons (Fsp3) is 0.248. The van der Waals surface area contributed by atoms with Gasteiger partial charge >= 0.3 is 0 Å². The summed E-state index contributed by atoms with van der Waals surface area (Å²) in [5, 5.41) is 18.7. The average Bonchev–Trinajstić information content (AvgIpc) is 1.53. The third-order valence-corrected chi connectivity index (χ3v) is 25.8. The predicted molar refractivity (Wildman–Crippen MR) is 515 cm³/mol. The van der Waals surface area contributed by atoms with E-state index in [0.717, 1.165) is 139 Å². The van der Waals surface area contributed by atoms with Crippen LogP contribution in [-0.2, 0) is 37.9 Å². The van der Waals surface area contributed by atoms with E-state index in [4.69, 9.17) is 1.37 Å². The van der Waals surface area contributed by atoms with Crippen molar-refractivity contribution in [1.29, 1.82) is 5.26 Å². The Bertz CT molecular complexity index is 7160. The summed E-state index contributed by atoms with van der Waals surface area (Å²) in [6.07, 6.45) is 0. The summed E-state index contributed by atoms with van der Waals surface area (Å²) in [6.45, 7) is 47.5. The fourth-order valence-corrected chi connectivity index (χ4v) is 18.9. The lowest BCUT2D eigenvalue weighted by Gasteiger charge is -2.45. The molecule has 19 rings (SSSR count). The highest BCUT2D eigenvalue weighted by atomic mass is 15.2. The van der Waals surface area contributed by atoms with Gasteiger partial charge in [0.15, 0.2) is 0 Å². The first-order valence-electron chi connectivity index (χ1n) is 45.2. The zero-order chi connectivity index (χ0) is 88.5. The first kappa shape index (κ1) is 71.7. The topological polar surface area (TPSA) is 45.1 Å². The highest BCUT2D eigenvalue weighted by molar-refractivity contribution is 7.00. The van der Waals surface area contributed by atoms with Crippen molar-refractivity contribution in [3.05, 3.63) is 323 Å². The number of rotatable bonds is 8. The van der Waals surface area contributed by atoms with Gasteiger partial charge in [-0.2, -0.15) is 5.26 Å². The normalized spacial score (nSPS) is 14.1. The Morgan fingerprint density at radius 2 is 0.617 bits per heavy atom. The Kier molecular flexibility index (Phi) is 16.3. The number of hydrogen-bond acceptors (Lipinski definition) is 3. The summed E-state index contributed by atoms with van der Waals surface area (Å²) in [4.78, 5) is 5.00. The Labute approximate surface area is 717 Å². The Balaban J connectivity index is 1.02. The maximum Gasteiger partial charge on any atom is 0.252 e. The molecule has 6 nitrogen and oxygen atoms in total. The number of fused-ring (bicyclic) bond motifs is 13. The summed E-state index contributed by atoms with van der Waals surface area (Å²) in [5.74, 6) is 0. The number of nitriles is 1. The quantitative estimate of drug-likeness (QED) is 0.142. The molecule has 0 radical (unpaired) electrons. The van der Waals surface area contributed by atoms with Crippen molar-refractivity contribution in [2.24, 2.45) is 0 Å². The lowest BCUT2D eigenvalue weighted by atomic mass is 9.33. The minimum Gasteiger partial charge on any atom is -0.311 e. The van der Waals surface area contributed by atoms with Crippen LogP contribution in [-0.4, -0.2) is 20.4 Å². The lowest BCUT2D eigenvalue weighted by molar-refractivity contribution is 0.590. The maximum absolute atomic E-state index is 11.9. The summed E-state index contributed by atoms with van der Waals surface area (Å²) in [6, 6.07) is 94.1. The Morgan fingerprint density at radius 1 is 0.275 bits per heavy atom. The second-order valence-corrected chi connectivity index (χ2v) is 41.1. The molecule has 594 valence electrons. The monoisotopic (exact) mass is 1570 g/mol. The van der Waals surface area contributed by atoms with E-state index in [1.54, 1.807) is 0 Å². The van der Waals surface area contributed by atoms with Crippen LogP contribution in [0.5, 0.6) is 0 Å². The number of aromatic nitrogens is 3. The molecule has 17 aromatic rings. The van der Waals surface area contributed by atoms with Gasteiger partial charge in [-0.15, -0.1) is 0 Å². The molecule has 2 aliphatic heterocycles. The van der Waals surface area contributed by atoms with Crippen molar-refractivity contribution in [3.63, 3.8) is 0 Å². The molecule has 14 aromatic carbocycles. The fourth-order valence-electron chi connectivity index (χ4n) is 18.9. The van der Waals surface area contributed by atoms with E-state index in [-0.39, 0.29) is 55.6 Å². The van der Waals surface area contributed by atoms with Crippen molar-refractivity contribution in [1.82, 2.24) is 13.7 Å². The van der Waals surface area contributed by atoms with Crippen LogP contribution in [0.15, 0.2) is 279 Å². The molecule has 0 unspecified atom stereocenters. The second kappa shape index (κ2) is 27.3. The first-order valence-corrected chi connectivity index (χ1v) is 42.7. The molecule has 2 aliphatic rings. The van der Waals surface area contributed by atoms with E-state index >= 15 is 0 Å². The van der Waals surface area contributed by atoms with Crippen LogP contribution in [0.25, 0.3) is 116 Å². The van der Waals surface area contributed by atoms with E-state index in [0.29, 0.717) is 16.8 Å². The molecule has 0 bridgehead atoms. The van der Waals surface area contributed by atoms with Gasteiger partial charge in [0.2, 0.25) is 0 Å². The van der Waals surface area contributed by atoms with Gasteiger partial charge in [-0.25, -0.2) is 0 Å². The number of nitrogens with zero attached hydrogens (tertiary/aromatic N) is 6. The van der Waals surface area contributed by atoms with Gasteiger partial charge in [0.25, 0.3) is 6.71 Å². The number of hydrogen-bond donors (Lipinski definition) is 0. The van der Waals surface area contributed by atoms with Gasteiger partial charge in [-0.05, 0) is 249 Å². The molecule has 3 aromatic heterocycles. The molecule has 7 heteroatoms. The van der Waals surface area contributed by atoms with Crippen LogP contribution < -0.4 is 26.2 Å². The smallest absolute Gasteiger partial charge is 0.252 e. The van der Waals surface area contributed by atoms with Crippen molar-refractivity contribution in [2.75, 3.05) is 9.80 Å². The molecule has 0 atom stereocenters. The van der Waals surface area contributed by atoms with Crippen LogP contribution in [0.3, 0.4) is 0 Å². The molecule has 0 fully saturated rings. The molecular formula is C113H109BN6. The Hall–Kier alpha value is -12.4. The maximum atomic E-state index is 11.9. The van der Waals surface area contributed by atoms with Crippen LogP contribution in [0.2, 0.25) is 0 Å². The van der Waals surface area contributed by atoms with Crippen molar-refractivity contribution in [2.45, 2.75) is 183 Å². The summed E-state index contributed by atoms with van der Waals surface area (Å²) in [5.41, 5.74) is 29.5. The lowest BCUT2D eigenvalue weighted by Crippen LogP contribution is -2.61. The molecule has 0 saturated carbocycles. The molecule has 0 amide bonds. The van der Waals surface area contributed by atoms with E-state index in [1.807, 2.05) is 12.1 Å². The Morgan fingerprint density at radius 3 is 1.01 bits per heavy atom. The molecule has 0 aliphatic carbocycles. The summed E-state index contributed by atoms with van der Waals surface area (Å²) < 4.78 is 54.4. The standard InChI is InChI=1S/C113H109BN6/c1-107(2,3)74-39-49-94-86(56-74)87-57-75(108(4,5)6)40-50-95(87)116(94)82-46-48-93-102(65-82)120(106-84(70-33-27-23-28-34-70)62-80(113(19,20)21)63-85(106)71-35-29-24-30-36-71)104-67-83(118-96-51-41-76(109(7,8)9)58-88(96)89-59-77(110(10,11)12)42-52-97(89)118)66-103-105(104)114(93)92-47-38-72(69-31-25-22-26-32-69)55-101(92)117(103)81-45-37-73(68-115)100(64-81)119-98-53-43-78(111(13,14)15)60-90(98)91-61-79(112(16,17)18)44-54-99(91)119/h22-67H,1-21H3/i22D,25D,26D,31D,32D. The molecule has 0 spiro atoms. The van der Waals surface area contributed by atoms with E-state index in [9.17, 15) is 10.7 Å². The molecule has 120 heavy (non-hydrogen) atoms. The molecule has 0 N–H and O–H groups in total. The zero-order valence-electron chi connectivity index (χ0n) is 78.4. The van der Waals surface area contributed by atoms with Gasteiger partial charge in [0, 0.05) is 77.6 Å². The summed E-state index contributed by atoms with van der Waals surface area (Å²) >= 11 is 0. The van der Waals surface area contributed by atoms with Crippen LogP contribution in [0, 0.1) is 11.3 Å². The van der Waals surface area contributed by atoms with Crippen molar-refractivity contribution >= 4 is 123 Å². The van der Waals surface area contributed by atoms with Gasteiger partial charge in [-0.3, -0.25) is 0 Å². The average molecular weight is 1570 g/mol. The van der Waals surface area contributed by atoms with E-state index < -0.39 is 24.8 Å². The van der Waals surface area contributed by atoms with Crippen molar-refractivity contribution in [3.8, 4) is 56.5 Å². The minimum absolute atomic E-state index is 0.0967. The van der Waals surface area contributed by atoms with E-state index in [2.05, 4.69) is 412 Å². The number of benzene rings is 14. The van der Waals surface area contributed by atoms with Gasteiger partial charge < -0.3 is 23.5 Å². The predicted octanol–water partition coefficient (Wildman–Crippen LogP) is 29.0. The second-order valence-electron chi connectivity index (χ2n) is 41.1. The van der Waals surface area contributed by atoms with Crippen LogP contribution >= 0.6 is 0 Å². The molecular weight excluding hydrogens is 1450 g/mol. The summed E-state index contributed by atoms with van der Waals surface area (Å²) in [7, 11) is 0. The van der Waals surface area contributed by atoms with Crippen molar-refractivity contribution < 1.29 is 6.85 Å². The van der Waals surface area contributed by atoms with Gasteiger partial charge in [0.1, 0.15) is 6.07 Å². The largest absolute Gasteiger partial charge is 0.311 e. The highest BCUT2D eigenvalue weighted by Crippen LogP contribution is 2.55. The number of anilines is 6. The van der Waals surface area contributed by atoms with Gasteiger partial charge in [-0.1, -0.05) is 291 Å². The first-order chi connectivity index (χ1) is 59.0. The minimum atomic E-state index is -0.531. The van der Waals surface area contributed by atoms with Crippen LogP contribution in [0.1, 0.15) is 197 Å². The molecule has 5 heterocycles. The third kappa shape index (κ3) is 12.8. The van der Waals surface area contributed by atoms with Crippen LogP contribution in [0.4, 0.5) is 34.1 Å².